The number of aromatic nitrogens is 1. The smallest absolute Gasteiger partial charge is 0.262 e. The maximum Gasteiger partial charge on any atom is 0.262 e. The Morgan fingerprint density at radius 1 is 1.17 bits per heavy atom. The van der Waals surface area contributed by atoms with Gasteiger partial charge in [0.15, 0.2) is 5.89 Å². The number of carbonyl (C=O) groups is 3. The first-order chi connectivity index (χ1) is 11.5. The molecule has 0 fully saturated rings. The van der Waals surface area contributed by atoms with Crippen LogP contribution in [-0.4, -0.2) is 40.7 Å². The van der Waals surface area contributed by atoms with Gasteiger partial charge in [0.25, 0.3) is 11.8 Å². The predicted molar refractivity (Wildman–Crippen MR) is 84.5 cm³/mol. The van der Waals surface area contributed by atoms with E-state index in [1.807, 2.05) is 6.92 Å². The van der Waals surface area contributed by atoms with E-state index in [0.717, 1.165) is 10.6 Å². The van der Waals surface area contributed by atoms with Crippen LogP contribution in [0.1, 0.15) is 38.1 Å². The van der Waals surface area contributed by atoms with Gasteiger partial charge in [0.1, 0.15) is 12.3 Å². The van der Waals surface area contributed by atoms with Gasteiger partial charge in [-0.15, -0.1) is 0 Å². The second-order valence-corrected chi connectivity index (χ2v) is 5.58. The van der Waals surface area contributed by atoms with Crippen LogP contribution in [0.3, 0.4) is 0 Å². The zero-order chi connectivity index (χ0) is 17.3. The molecule has 0 spiro atoms. The third-order valence-corrected chi connectivity index (χ3v) is 3.85. The number of nitrogens with one attached hydrogen (secondary N) is 1. The molecule has 0 saturated carbocycles. The Bertz CT molecular complexity index is 790. The summed E-state index contributed by atoms with van der Waals surface area (Å²) in [5.74, 6) is 0.0340. The number of imide groups is 1. The highest BCUT2D eigenvalue weighted by Gasteiger charge is 2.36. The van der Waals surface area contributed by atoms with Crippen molar-refractivity contribution in [2.24, 2.45) is 0 Å². The van der Waals surface area contributed by atoms with Gasteiger partial charge in [0.2, 0.25) is 5.91 Å². The molecule has 0 atom stereocenters. The number of rotatable bonds is 5. The molecule has 2 aromatic rings. The maximum absolute atomic E-state index is 12.2. The normalized spacial score (nSPS) is 13.3. The van der Waals surface area contributed by atoms with Gasteiger partial charge in [-0.2, -0.15) is 0 Å². The number of hydrogen-bond acceptors (Lipinski definition) is 5. The number of carbonyl (C=O) groups excluding carboxylic acids is 3. The molecule has 7 heteroatoms. The lowest BCUT2D eigenvalue weighted by molar-refractivity contribution is -0.121. The van der Waals surface area contributed by atoms with Crippen molar-refractivity contribution >= 4 is 17.7 Å². The Labute approximate surface area is 138 Å². The van der Waals surface area contributed by atoms with E-state index < -0.39 is 17.7 Å². The fraction of sp³-hybridized carbons (Fsp3) is 0.294. The zero-order valence-corrected chi connectivity index (χ0v) is 13.5. The highest BCUT2D eigenvalue weighted by Crippen LogP contribution is 2.21. The van der Waals surface area contributed by atoms with Crippen molar-refractivity contribution in [3.8, 4) is 0 Å². The SMILES string of the molecule is Cc1nc(C)c(CCNC(=O)CN2C(=O)c3ccccc3C2=O)o1. The maximum atomic E-state index is 12.2. The fourth-order valence-corrected chi connectivity index (χ4v) is 2.70. The van der Waals surface area contributed by atoms with Crippen LogP contribution in [0.5, 0.6) is 0 Å². The average molecular weight is 327 g/mol. The molecule has 1 aromatic heterocycles. The minimum atomic E-state index is -0.438. The van der Waals surface area contributed by atoms with Crippen LogP contribution in [0.15, 0.2) is 28.7 Å². The third kappa shape index (κ3) is 2.92. The molecule has 0 saturated heterocycles. The Kier molecular flexibility index (Phi) is 4.16. The Morgan fingerprint density at radius 3 is 2.33 bits per heavy atom. The van der Waals surface area contributed by atoms with E-state index in [9.17, 15) is 14.4 Å². The van der Waals surface area contributed by atoms with E-state index in [1.54, 1.807) is 31.2 Å². The number of aryl methyl sites for hydroxylation is 2. The molecule has 0 unspecified atom stereocenters. The minimum absolute atomic E-state index is 0.291. The summed E-state index contributed by atoms with van der Waals surface area (Å²) in [6, 6.07) is 6.55. The lowest BCUT2D eigenvalue weighted by Gasteiger charge is -2.13. The fourth-order valence-electron chi connectivity index (χ4n) is 2.70. The molecule has 0 bridgehead atoms. The number of hydrogen-bond donors (Lipinski definition) is 1. The van der Waals surface area contributed by atoms with Crippen LogP contribution in [0, 0.1) is 13.8 Å². The molecule has 0 aliphatic carbocycles. The number of nitrogens with zero attached hydrogens (tertiary/aromatic N) is 2. The van der Waals surface area contributed by atoms with Crippen LogP contribution in [0.25, 0.3) is 0 Å². The number of oxazole rings is 1. The van der Waals surface area contributed by atoms with E-state index in [2.05, 4.69) is 10.3 Å². The Balaban J connectivity index is 1.55. The number of fused-ring (bicyclic) bond motifs is 1. The topological polar surface area (TPSA) is 92.5 Å². The quantitative estimate of drug-likeness (QED) is 0.834. The van der Waals surface area contributed by atoms with Crippen molar-refractivity contribution in [2.45, 2.75) is 20.3 Å². The molecule has 0 radical (unpaired) electrons. The van der Waals surface area contributed by atoms with Gasteiger partial charge in [-0.25, -0.2) is 4.98 Å². The first kappa shape index (κ1) is 15.9. The van der Waals surface area contributed by atoms with Gasteiger partial charge in [-0.05, 0) is 19.1 Å². The summed E-state index contributed by atoms with van der Waals surface area (Å²) in [4.78, 5) is 41.5. The summed E-state index contributed by atoms with van der Waals surface area (Å²) in [6.07, 6.45) is 0.501. The first-order valence-corrected chi connectivity index (χ1v) is 7.62. The van der Waals surface area contributed by atoms with E-state index >= 15 is 0 Å². The minimum Gasteiger partial charge on any atom is -0.446 e. The van der Waals surface area contributed by atoms with E-state index in [1.165, 1.54) is 0 Å². The van der Waals surface area contributed by atoms with E-state index in [4.69, 9.17) is 4.42 Å². The van der Waals surface area contributed by atoms with E-state index in [-0.39, 0.29) is 6.54 Å². The van der Waals surface area contributed by atoms with Crippen LogP contribution < -0.4 is 5.32 Å². The van der Waals surface area contributed by atoms with Crippen LogP contribution >= 0.6 is 0 Å². The third-order valence-electron chi connectivity index (χ3n) is 3.85. The highest BCUT2D eigenvalue weighted by atomic mass is 16.4. The molecule has 3 rings (SSSR count). The van der Waals surface area contributed by atoms with Gasteiger partial charge in [0, 0.05) is 19.9 Å². The highest BCUT2D eigenvalue weighted by molar-refractivity contribution is 6.22. The molecular weight excluding hydrogens is 310 g/mol. The van der Waals surface area contributed by atoms with Crippen molar-refractivity contribution in [1.29, 1.82) is 0 Å². The molecule has 1 aliphatic rings. The van der Waals surface area contributed by atoms with Crippen LogP contribution in [-0.2, 0) is 11.2 Å². The van der Waals surface area contributed by atoms with Gasteiger partial charge in [0.05, 0.1) is 16.8 Å². The van der Waals surface area contributed by atoms with Gasteiger partial charge < -0.3 is 9.73 Å². The molecule has 1 aromatic carbocycles. The van der Waals surface area contributed by atoms with Crippen molar-refractivity contribution in [2.75, 3.05) is 13.1 Å². The average Bonchev–Trinajstić information content (AvgIpc) is 2.99. The molecule has 7 nitrogen and oxygen atoms in total. The van der Waals surface area contributed by atoms with Crippen LogP contribution in [0.4, 0.5) is 0 Å². The van der Waals surface area contributed by atoms with Gasteiger partial charge in [-0.3, -0.25) is 19.3 Å². The summed E-state index contributed by atoms with van der Waals surface area (Å²) >= 11 is 0. The lowest BCUT2D eigenvalue weighted by Crippen LogP contribution is -2.40. The predicted octanol–water partition coefficient (Wildman–Crippen LogP) is 1.25. The first-order valence-electron chi connectivity index (χ1n) is 7.62. The molecule has 24 heavy (non-hydrogen) atoms. The molecule has 124 valence electrons. The van der Waals surface area contributed by atoms with Gasteiger partial charge in [-0.1, -0.05) is 12.1 Å². The second-order valence-electron chi connectivity index (χ2n) is 5.58. The molecule has 3 amide bonds. The van der Waals surface area contributed by atoms with Crippen LogP contribution in [0.2, 0.25) is 0 Å². The molecule has 1 N–H and O–H groups in total. The largest absolute Gasteiger partial charge is 0.446 e. The van der Waals surface area contributed by atoms with Crippen molar-refractivity contribution in [3.63, 3.8) is 0 Å². The van der Waals surface area contributed by atoms with E-state index in [0.29, 0.717) is 35.7 Å². The van der Waals surface area contributed by atoms with Crippen molar-refractivity contribution in [3.05, 3.63) is 52.7 Å². The summed E-state index contributed by atoms with van der Waals surface area (Å²) in [5.41, 5.74) is 1.47. The Morgan fingerprint density at radius 2 is 1.79 bits per heavy atom. The zero-order valence-electron chi connectivity index (χ0n) is 13.5. The number of benzene rings is 1. The van der Waals surface area contributed by atoms with Crippen molar-refractivity contribution in [1.82, 2.24) is 15.2 Å². The molecule has 1 aliphatic heterocycles. The Hall–Kier alpha value is -2.96. The number of amides is 3. The second kappa shape index (κ2) is 6.27. The van der Waals surface area contributed by atoms with Gasteiger partial charge >= 0.3 is 0 Å². The summed E-state index contributed by atoms with van der Waals surface area (Å²) < 4.78 is 5.42. The standard InChI is InChI=1S/C17H17N3O4/c1-10-14(24-11(2)19-10)7-8-18-15(21)9-20-16(22)12-5-3-4-6-13(12)17(20)23/h3-6H,7-9H2,1-2H3,(H,18,21). The summed E-state index contributed by atoms with van der Waals surface area (Å²) in [6.45, 7) is 3.65. The monoisotopic (exact) mass is 327 g/mol. The molecule has 2 heterocycles. The summed E-state index contributed by atoms with van der Waals surface area (Å²) in [7, 11) is 0. The molecular formula is C17H17N3O4. The summed E-state index contributed by atoms with van der Waals surface area (Å²) in [5, 5.41) is 2.69. The van der Waals surface area contributed by atoms with Crippen molar-refractivity contribution < 1.29 is 18.8 Å². The lowest BCUT2D eigenvalue weighted by atomic mass is 10.1.